The minimum atomic E-state index is -1.14. The van der Waals surface area contributed by atoms with Crippen LogP contribution in [0.15, 0.2) is 54.9 Å². The molecule has 3 rings (SSSR count). The van der Waals surface area contributed by atoms with E-state index in [-0.39, 0.29) is 0 Å². The van der Waals surface area contributed by atoms with E-state index >= 15 is 0 Å². The van der Waals surface area contributed by atoms with Crippen LogP contribution in [0.2, 0.25) is 5.02 Å². The Morgan fingerprint density at radius 1 is 1.17 bits per heavy atom. The molecular formula is C19H20ClN3O. The molecule has 1 heterocycles. The summed E-state index contributed by atoms with van der Waals surface area (Å²) in [6, 6.07) is 13.3. The maximum Gasteiger partial charge on any atom is 0.116 e. The van der Waals surface area contributed by atoms with Gasteiger partial charge >= 0.3 is 0 Å². The van der Waals surface area contributed by atoms with E-state index in [9.17, 15) is 5.11 Å². The third-order valence-corrected chi connectivity index (χ3v) is 4.58. The summed E-state index contributed by atoms with van der Waals surface area (Å²) in [7, 11) is 0. The van der Waals surface area contributed by atoms with E-state index in [0.29, 0.717) is 18.0 Å². The fourth-order valence-corrected chi connectivity index (χ4v) is 3.21. The average Bonchev–Trinajstić information content (AvgIpc) is 3.10. The van der Waals surface area contributed by atoms with Gasteiger partial charge in [0.15, 0.2) is 0 Å². The summed E-state index contributed by atoms with van der Waals surface area (Å²) in [4.78, 5) is 0. The van der Waals surface area contributed by atoms with E-state index in [1.54, 1.807) is 18.3 Å². The number of aliphatic hydroxyl groups is 1. The van der Waals surface area contributed by atoms with Gasteiger partial charge in [0.2, 0.25) is 0 Å². The highest BCUT2D eigenvalue weighted by atomic mass is 35.5. The first kappa shape index (κ1) is 16.7. The van der Waals surface area contributed by atoms with Crippen LogP contribution < -0.4 is 5.73 Å². The topological polar surface area (TPSA) is 74.9 Å². The minimum absolute atomic E-state index is 0.377. The molecule has 24 heavy (non-hydrogen) atoms. The number of nitrogens with one attached hydrogen (secondary N) is 1. The summed E-state index contributed by atoms with van der Waals surface area (Å²) in [5.41, 5.74) is 9.34. The number of nitrogens with zero attached hydrogens (tertiary/aromatic N) is 1. The second-order valence-corrected chi connectivity index (χ2v) is 6.36. The summed E-state index contributed by atoms with van der Waals surface area (Å²) in [5, 5.41) is 18.8. The third-order valence-electron chi connectivity index (χ3n) is 4.33. The first-order chi connectivity index (χ1) is 11.5. The molecule has 0 radical (unpaired) electrons. The van der Waals surface area contributed by atoms with Gasteiger partial charge in [-0.3, -0.25) is 5.10 Å². The lowest BCUT2D eigenvalue weighted by Crippen LogP contribution is -2.31. The van der Waals surface area contributed by atoms with Crippen LogP contribution in [-0.4, -0.2) is 21.8 Å². The minimum Gasteiger partial charge on any atom is -0.380 e. The molecule has 0 fully saturated rings. The van der Waals surface area contributed by atoms with Crippen LogP contribution >= 0.6 is 11.6 Å². The lowest BCUT2D eigenvalue weighted by atomic mass is 9.81. The van der Waals surface area contributed by atoms with Crippen LogP contribution in [0.4, 0.5) is 0 Å². The molecule has 1 unspecified atom stereocenters. The fourth-order valence-electron chi connectivity index (χ4n) is 3.09. The second-order valence-electron chi connectivity index (χ2n) is 5.92. The Morgan fingerprint density at radius 3 is 2.50 bits per heavy atom. The number of aryl methyl sites for hydroxylation is 1. The Bertz CT molecular complexity index is 815. The van der Waals surface area contributed by atoms with Crippen molar-refractivity contribution in [2.75, 3.05) is 6.54 Å². The van der Waals surface area contributed by atoms with Crippen LogP contribution in [-0.2, 0) is 5.60 Å². The molecule has 1 atom stereocenters. The van der Waals surface area contributed by atoms with E-state index in [2.05, 4.69) is 16.3 Å². The quantitative estimate of drug-likeness (QED) is 0.663. The third kappa shape index (κ3) is 3.08. The number of hydrogen-bond donors (Lipinski definition) is 3. The number of halogens is 1. The molecule has 0 aliphatic rings. The summed E-state index contributed by atoms with van der Waals surface area (Å²) < 4.78 is 0. The molecule has 0 saturated heterocycles. The molecule has 0 bridgehead atoms. The van der Waals surface area contributed by atoms with Crippen molar-refractivity contribution in [3.8, 4) is 11.1 Å². The maximum atomic E-state index is 11.4. The fraction of sp³-hybridized carbons (Fsp3) is 0.211. The van der Waals surface area contributed by atoms with E-state index in [0.717, 1.165) is 27.8 Å². The Labute approximate surface area is 146 Å². The largest absolute Gasteiger partial charge is 0.380 e. The summed E-state index contributed by atoms with van der Waals surface area (Å²) in [6.07, 6.45) is 4.06. The molecule has 0 spiro atoms. The van der Waals surface area contributed by atoms with Crippen LogP contribution in [0, 0.1) is 6.92 Å². The molecule has 124 valence electrons. The van der Waals surface area contributed by atoms with Gasteiger partial charge in [0.05, 0.1) is 6.20 Å². The predicted octanol–water partition coefficient (Wildman–Crippen LogP) is 3.62. The normalized spacial score (nSPS) is 13.7. The SMILES string of the molecule is Cc1cc(-c2cn[nH]c2)ccc1C(O)(CCN)c1ccc(Cl)cc1. The van der Waals surface area contributed by atoms with Gasteiger partial charge in [0.25, 0.3) is 0 Å². The Morgan fingerprint density at radius 2 is 1.92 bits per heavy atom. The second kappa shape index (κ2) is 6.77. The molecule has 2 aromatic carbocycles. The van der Waals surface area contributed by atoms with E-state index in [4.69, 9.17) is 17.3 Å². The summed E-state index contributed by atoms with van der Waals surface area (Å²) >= 11 is 5.98. The molecule has 0 aliphatic heterocycles. The van der Waals surface area contributed by atoms with Crippen LogP contribution in [0.25, 0.3) is 11.1 Å². The van der Waals surface area contributed by atoms with Crippen molar-refractivity contribution >= 4 is 11.6 Å². The molecule has 0 aliphatic carbocycles. The number of aromatic amines is 1. The maximum absolute atomic E-state index is 11.4. The van der Waals surface area contributed by atoms with E-state index < -0.39 is 5.60 Å². The number of nitrogens with two attached hydrogens (primary N) is 1. The van der Waals surface area contributed by atoms with Gasteiger partial charge in [0, 0.05) is 16.8 Å². The van der Waals surface area contributed by atoms with Gasteiger partial charge in [-0.1, -0.05) is 41.9 Å². The lowest BCUT2D eigenvalue weighted by Gasteiger charge is -2.31. The molecule has 4 nitrogen and oxygen atoms in total. The number of H-pyrrole nitrogens is 1. The zero-order chi connectivity index (χ0) is 17.2. The van der Waals surface area contributed by atoms with Crippen LogP contribution in [0.1, 0.15) is 23.1 Å². The van der Waals surface area contributed by atoms with Crippen molar-refractivity contribution in [1.82, 2.24) is 10.2 Å². The summed E-state index contributed by atoms with van der Waals surface area (Å²) in [6.45, 7) is 2.37. The number of aromatic nitrogens is 2. The smallest absolute Gasteiger partial charge is 0.116 e. The Balaban J connectivity index is 2.07. The van der Waals surface area contributed by atoms with E-state index in [1.165, 1.54) is 0 Å². The van der Waals surface area contributed by atoms with Gasteiger partial charge in [-0.2, -0.15) is 5.10 Å². The van der Waals surface area contributed by atoms with Crippen LogP contribution in [0.3, 0.4) is 0 Å². The van der Waals surface area contributed by atoms with Crippen molar-refractivity contribution in [2.45, 2.75) is 18.9 Å². The summed E-state index contributed by atoms with van der Waals surface area (Å²) in [5.74, 6) is 0. The highest BCUT2D eigenvalue weighted by molar-refractivity contribution is 6.30. The molecular weight excluding hydrogens is 322 g/mol. The Kier molecular flexibility index (Phi) is 4.71. The molecule has 3 aromatic rings. The average molecular weight is 342 g/mol. The van der Waals surface area contributed by atoms with E-state index in [1.807, 2.05) is 37.4 Å². The highest BCUT2D eigenvalue weighted by Crippen LogP contribution is 2.36. The molecule has 5 heteroatoms. The number of benzene rings is 2. The van der Waals surface area contributed by atoms with Gasteiger partial charge in [-0.15, -0.1) is 0 Å². The van der Waals surface area contributed by atoms with Gasteiger partial charge < -0.3 is 10.8 Å². The van der Waals surface area contributed by atoms with Gasteiger partial charge in [0.1, 0.15) is 5.60 Å². The number of rotatable bonds is 5. The molecule has 0 saturated carbocycles. The van der Waals surface area contributed by atoms with Crippen molar-refractivity contribution in [3.05, 3.63) is 76.6 Å². The zero-order valence-corrected chi connectivity index (χ0v) is 14.2. The number of hydrogen-bond acceptors (Lipinski definition) is 3. The van der Waals surface area contributed by atoms with Crippen LogP contribution in [0.5, 0.6) is 0 Å². The predicted molar refractivity (Wildman–Crippen MR) is 96.9 cm³/mol. The molecule has 0 amide bonds. The first-order valence-corrected chi connectivity index (χ1v) is 8.21. The van der Waals surface area contributed by atoms with Crippen molar-refractivity contribution in [3.63, 3.8) is 0 Å². The standard InChI is InChI=1S/C19H20ClN3O/c1-13-10-14(15-11-22-23-12-15)2-7-18(13)19(24,8-9-21)16-3-5-17(20)6-4-16/h2-7,10-12,24H,8-9,21H2,1H3,(H,22,23). The highest BCUT2D eigenvalue weighted by Gasteiger charge is 2.32. The monoisotopic (exact) mass is 341 g/mol. The van der Waals surface area contributed by atoms with Gasteiger partial charge in [-0.05, 0) is 54.3 Å². The Hall–Kier alpha value is -2.14. The van der Waals surface area contributed by atoms with Crippen molar-refractivity contribution < 1.29 is 5.11 Å². The molecule has 4 N–H and O–H groups in total. The van der Waals surface area contributed by atoms with Gasteiger partial charge in [-0.25, -0.2) is 0 Å². The molecule has 1 aromatic heterocycles. The van der Waals surface area contributed by atoms with Crippen molar-refractivity contribution in [1.29, 1.82) is 0 Å². The van der Waals surface area contributed by atoms with Crippen molar-refractivity contribution in [2.24, 2.45) is 5.73 Å². The lowest BCUT2D eigenvalue weighted by molar-refractivity contribution is 0.0731. The first-order valence-electron chi connectivity index (χ1n) is 7.83. The zero-order valence-electron chi connectivity index (χ0n) is 13.5.